The second kappa shape index (κ2) is 6.14. The standard InChI is InChI=1S/C20H20N4OS/c1-12-5-16-19(21-11-22-20(16)26-12)14-4-2-3-13(6-14)8-24-9-15-7-18(25)23-17(15)10-24/h2-6,11,15,17H,7-10H2,1H3,(H,23,25)/t15-,17+/m0/s1. The summed E-state index contributed by atoms with van der Waals surface area (Å²) in [5.74, 6) is 0.682. The summed E-state index contributed by atoms with van der Waals surface area (Å²) in [5, 5.41) is 4.22. The van der Waals surface area contributed by atoms with Crippen LogP contribution < -0.4 is 5.32 Å². The average Bonchev–Trinajstić information content (AvgIpc) is 3.26. The Balaban J connectivity index is 1.40. The molecule has 5 rings (SSSR count). The smallest absolute Gasteiger partial charge is 0.220 e. The Kier molecular flexibility index (Phi) is 3.76. The van der Waals surface area contributed by atoms with Crippen LogP contribution in [-0.2, 0) is 11.3 Å². The zero-order valence-corrected chi connectivity index (χ0v) is 15.4. The van der Waals surface area contributed by atoms with Gasteiger partial charge in [0.25, 0.3) is 0 Å². The summed E-state index contributed by atoms with van der Waals surface area (Å²) in [6.45, 7) is 4.96. The summed E-state index contributed by atoms with van der Waals surface area (Å²) in [6.07, 6.45) is 2.34. The van der Waals surface area contributed by atoms with Crippen molar-refractivity contribution in [2.45, 2.75) is 25.9 Å². The second-order valence-corrected chi connectivity index (χ2v) is 8.57. The summed E-state index contributed by atoms with van der Waals surface area (Å²) >= 11 is 1.71. The van der Waals surface area contributed by atoms with Crippen molar-refractivity contribution in [2.75, 3.05) is 13.1 Å². The van der Waals surface area contributed by atoms with Gasteiger partial charge < -0.3 is 5.32 Å². The number of amides is 1. The highest BCUT2D eigenvalue weighted by Crippen LogP contribution is 2.32. The first-order valence-corrected chi connectivity index (χ1v) is 9.79. The summed E-state index contributed by atoms with van der Waals surface area (Å²) in [4.78, 5) is 25.2. The number of carbonyl (C=O) groups is 1. The number of nitrogens with zero attached hydrogens (tertiary/aromatic N) is 3. The number of hydrogen-bond acceptors (Lipinski definition) is 5. The van der Waals surface area contributed by atoms with Crippen molar-refractivity contribution < 1.29 is 4.79 Å². The van der Waals surface area contributed by atoms with Crippen molar-refractivity contribution in [1.29, 1.82) is 0 Å². The van der Waals surface area contributed by atoms with Crippen LogP contribution in [0.4, 0.5) is 0 Å². The van der Waals surface area contributed by atoms with Crippen molar-refractivity contribution in [2.24, 2.45) is 5.92 Å². The van der Waals surface area contributed by atoms with Crippen LogP contribution in [0.25, 0.3) is 21.5 Å². The van der Waals surface area contributed by atoms with Crippen molar-refractivity contribution in [1.82, 2.24) is 20.2 Å². The summed E-state index contributed by atoms with van der Waals surface area (Å²) < 4.78 is 0. The number of likely N-dealkylation sites (tertiary alicyclic amines) is 1. The van der Waals surface area contributed by atoms with E-state index in [0.29, 0.717) is 18.4 Å². The molecule has 0 radical (unpaired) electrons. The molecule has 1 aromatic carbocycles. The van der Waals surface area contributed by atoms with E-state index in [2.05, 4.69) is 57.4 Å². The van der Waals surface area contributed by atoms with Crippen LogP contribution in [0.15, 0.2) is 36.7 Å². The molecule has 132 valence electrons. The maximum atomic E-state index is 11.5. The first-order chi connectivity index (χ1) is 12.7. The highest BCUT2D eigenvalue weighted by atomic mass is 32.1. The fourth-order valence-electron chi connectivity index (χ4n) is 4.25. The lowest BCUT2D eigenvalue weighted by molar-refractivity contribution is -0.119. The van der Waals surface area contributed by atoms with Gasteiger partial charge in [-0.1, -0.05) is 18.2 Å². The lowest BCUT2D eigenvalue weighted by Crippen LogP contribution is -2.32. The molecule has 26 heavy (non-hydrogen) atoms. The van der Waals surface area contributed by atoms with Gasteiger partial charge in [0.2, 0.25) is 5.91 Å². The monoisotopic (exact) mass is 364 g/mol. The molecule has 1 amide bonds. The first-order valence-electron chi connectivity index (χ1n) is 8.98. The van der Waals surface area contributed by atoms with Crippen LogP contribution in [0.5, 0.6) is 0 Å². The highest BCUT2D eigenvalue weighted by molar-refractivity contribution is 7.18. The van der Waals surface area contributed by atoms with Gasteiger partial charge in [-0.2, -0.15) is 0 Å². The molecule has 2 saturated heterocycles. The van der Waals surface area contributed by atoms with Crippen LogP contribution in [0, 0.1) is 12.8 Å². The van der Waals surface area contributed by atoms with E-state index < -0.39 is 0 Å². The topological polar surface area (TPSA) is 58.1 Å². The molecule has 2 fully saturated rings. The predicted molar refractivity (Wildman–Crippen MR) is 103 cm³/mol. The number of rotatable bonds is 3. The van der Waals surface area contributed by atoms with Gasteiger partial charge in [-0.25, -0.2) is 9.97 Å². The first kappa shape index (κ1) is 15.9. The molecular weight excluding hydrogens is 344 g/mol. The van der Waals surface area contributed by atoms with E-state index in [0.717, 1.165) is 41.1 Å². The molecular formula is C20H20N4OS. The third kappa shape index (κ3) is 2.79. The fraction of sp³-hybridized carbons (Fsp3) is 0.350. The van der Waals surface area contributed by atoms with Gasteiger partial charge in [-0.05, 0) is 24.6 Å². The summed E-state index contributed by atoms with van der Waals surface area (Å²) in [7, 11) is 0. The Morgan fingerprint density at radius 2 is 2.19 bits per heavy atom. The van der Waals surface area contributed by atoms with Gasteiger partial charge in [-0.15, -0.1) is 11.3 Å². The molecule has 0 spiro atoms. The maximum absolute atomic E-state index is 11.5. The summed E-state index contributed by atoms with van der Waals surface area (Å²) in [5.41, 5.74) is 3.43. The minimum absolute atomic E-state index is 0.209. The van der Waals surface area contributed by atoms with E-state index in [4.69, 9.17) is 0 Å². The number of aryl methyl sites for hydroxylation is 1. The van der Waals surface area contributed by atoms with Gasteiger partial charge in [-0.3, -0.25) is 9.69 Å². The SMILES string of the molecule is Cc1cc2c(-c3cccc(CN4C[C@@H]5CC(=O)N[C@@H]5C4)c3)ncnc2s1. The number of hydrogen-bond donors (Lipinski definition) is 1. The minimum Gasteiger partial charge on any atom is -0.352 e. The third-order valence-corrected chi connectivity index (χ3v) is 6.33. The molecule has 4 heterocycles. The van der Waals surface area contributed by atoms with E-state index in [-0.39, 0.29) is 5.91 Å². The van der Waals surface area contributed by atoms with Crippen LogP contribution in [-0.4, -0.2) is 39.9 Å². The average molecular weight is 364 g/mol. The molecule has 5 nitrogen and oxygen atoms in total. The van der Waals surface area contributed by atoms with Crippen LogP contribution in [0.2, 0.25) is 0 Å². The molecule has 2 aliphatic heterocycles. The minimum atomic E-state index is 0.209. The Labute approximate surface area is 156 Å². The molecule has 0 bridgehead atoms. The zero-order chi connectivity index (χ0) is 17.7. The number of thiophene rings is 1. The Morgan fingerprint density at radius 3 is 3.08 bits per heavy atom. The van der Waals surface area contributed by atoms with E-state index in [1.807, 2.05) is 0 Å². The van der Waals surface area contributed by atoms with E-state index in [1.54, 1.807) is 17.7 Å². The summed E-state index contributed by atoms with van der Waals surface area (Å²) in [6, 6.07) is 11.1. The zero-order valence-electron chi connectivity index (χ0n) is 14.6. The van der Waals surface area contributed by atoms with Crippen LogP contribution >= 0.6 is 11.3 Å². The van der Waals surface area contributed by atoms with E-state index in [9.17, 15) is 4.79 Å². The predicted octanol–water partition coefficient (Wildman–Crippen LogP) is 2.99. The largest absolute Gasteiger partial charge is 0.352 e. The quantitative estimate of drug-likeness (QED) is 0.776. The Morgan fingerprint density at radius 1 is 1.27 bits per heavy atom. The number of carbonyl (C=O) groups excluding carboxylic acids is 1. The second-order valence-electron chi connectivity index (χ2n) is 7.33. The molecule has 1 N–H and O–H groups in total. The maximum Gasteiger partial charge on any atom is 0.220 e. The van der Waals surface area contributed by atoms with Gasteiger partial charge in [0.15, 0.2) is 0 Å². The van der Waals surface area contributed by atoms with Gasteiger partial charge in [0.05, 0.1) is 5.69 Å². The van der Waals surface area contributed by atoms with E-state index >= 15 is 0 Å². The number of fused-ring (bicyclic) bond motifs is 2. The number of aromatic nitrogens is 2. The molecule has 0 unspecified atom stereocenters. The normalized spacial score (nSPS) is 22.7. The van der Waals surface area contributed by atoms with Crippen molar-refractivity contribution in [3.05, 3.63) is 47.1 Å². The Hall–Kier alpha value is -2.31. The molecule has 2 atom stereocenters. The fourth-order valence-corrected chi connectivity index (χ4v) is 5.09. The molecule has 0 aliphatic carbocycles. The molecule has 6 heteroatoms. The van der Waals surface area contributed by atoms with Crippen molar-refractivity contribution in [3.63, 3.8) is 0 Å². The number of nitrogens with one attached hydrogen (secondary N) is 1. The van der Waals surface area contributed by atoms with Gasteiger partial charge in [0.1, 0.15) is 11.2 Å². The van der Waals surface area contributed by atoms with Crippen LogP contribution in [0.1, 0.15) is 16.9 Å². The lowest BCUT2D eigenvalue weighted by atomic mass is 10.0. The third-order valence-electron chi connectivity index (χ3n) is 5.37. The van der Waals surface area contributed by atoms with Gasteiger partial charge >= 0.3 is 0 Å². The lowest BCUT2D eigenvalue weighted by Gasteiger charge is -2.17. The molecule has 0 saturated carbocycles. The molecule has 2 aromatic heterocycles. The van der Waals surface area contributed by atoms with E-state index in [1.165, 1.54) is 10.4 Å². The van der Waals surface area contributed by atoms with Crippen LogP contribution in [0.3, 0.4) is 0 Å². The number of benzene rings is 1. The molecule has 3 aromatic rings. The molecule has 2 aliphatic rings. The van der Waals surface area contributed by atoms with Crippen molar-refractivity contribution in [3.8, 4) is 11.3 Å². The van der Waals surface area contributed by atoms with Crippen molar-refractivity contribution >= 4 is 27.5 Å². The highest BCUT2D eigenvalue weighted by Gasteiger charge is 2.39. The Bertz CT molecular complexity index is 982. The van der Waals surface area contributed by atoms with Gasteiger partial charge in [0, 0.05) is 53.8 Å².